The minimum Gasteiger partial charge on any atom is -0.335 e. The van der Waals surface area contributed by atoms with E-state index in [0.29, 0.717) is 35.4 Å². The Kier molecular flexibility index (Phi) is 4.44. The zero-order chi connectivity index (χ0) is 17.3. The molecule has 3 rings (SSSR count). The summed E-state index contributed by atoms with van der Waals surface area (Å²) in [5, 5.41) is 4.18. The Hall–Kier alpha value is -2.54. The maximum atomic E-state index is 13.5. The van der Waals surface area contributed by atoms with Crippen molar-refractivity contribution in [2.75, 3.05) is 6.54 Å². The van der Waals surface area contributed by atoms with Crippen LogP contribution in [0.15, 0.2) is 33.6 Å². The van der Waals surface area contributed by atoms with Crippen LogP contribution < -0.4 is 11.3 Å². The summed E-state index contributed by atoms with van der Waals surface area (Å²) in [5.74, 6) is 0.371. The van der Waals surface area contributed by atoms with E-state index in [1.807, 2.05) is 6.92 Å². The normalized spacial score (nSPS) is 12.7. The number of nitrogens with two attached hydrogens (primary N) is 1. The van der Waals surface area contributed by atoms with Gasteiger partial charge in [-0.3, -0.25) is 9.36 Å². The van der Waals surface area contributed by atoms with Crippen LogP contribution in [0.25, 0.3) is 11.1 Å². The van der Waals surface area contributed by atoms with Gasteiger partial charge in [-0.2, -0.15) is 4.98 Å². The first-order valence-electron chi connectivity index (χ1n) is 7.79. The lowest BCUT2D eigenvalue weighted by atomic mass is 10.1. The zero-order valence-corrected chi connectivity index (χ0v) is 13.6. The monoisotopic (exact) mass is 330 g/mol. The number of rotatable bonds is 5. The first-order chi connectivity index (χ1) is 11.5. The Bertz CT molecular complexity index is 932. The summed E-state index contributed by atoms with van der Waals surface area (Å²) in [6, 6.07) is 6.17. The summed E-state index contributed by atoms with van der Waals surface area (Å²) in [4.78, 5) is 17.3. The van der Waals surface area contributed by atoms with E-state index in [4.69, 9.17) is 10.3 Å². The number of aromatic nitrogens is 3. The third-order valence-corrected chi connectivity index (χ3v) is 4.01. The first-order valence-corrected chi connectivity index (χ1v) is 7.79. The Morgan fingerprint density at radius 1 is 1.42 bits per heavy atom. The van der Waals surface area contributed by atoms with E-state index < -0.39 is 0 Å². The number of halogens is 1. The van der Waals surface area contributed by atoms with Gasteiger partial charge in [0.25, 0.3) is 11.3 Å². The molecule has 2 N–H and O–H groups in total. The molecule has 0 amide bonds. The van der Waals surface area contributed by atoms with Crippen molar-refractivity contribution in [3.05, 3.63) is 57.5 Å². The van der Waals surface area contributed by atoms with E-state index in [-0.39, 0.29) is 29.6 Å². The molecule has 0 spiro atoms. The van der Waals surface area contributed by atoms with Crippen molar-refractivity contribution in [1.29, 1.82) is 0 Å². The number of nitrogens with zero attached hydrogens (tertiary/aromatic N) is 3. The standard InChI is InChI=1S/C17H19FN4O2/c1-10(8-19)6-14-20-16-15(11(2)21-24-16)17(23)22(14)9-12-4-3-5-13(18)7-12/h3-5,7,10H,6,8-9,19H2,1-2H3. The molecule has 0 aliphatic rings. The molecule has 0 radical (unpaired) electrons. The Morgan fingerprint density at radius 3 is 2.92 bits per heavy atom. The first kappa shape index (κ1) is 16.3. The van der Waals surface area contributed by atoms with Crippen LogP contribution in [0.2, 0.25) is 0 Å². The van der Waals surface area contributed by atoms with Gasteiger partial charge >= 0.3 is 0 Å². The van der Waals surface area contributed by atoms with Gasteiger partial charge in [0.05, 0.1) is 12.2 Å². The van der Waals surface area contributed by atoms with Crippen LogP contribution in [0.1, 0.15) is 24.0 Å². The van der Waals surface area contributed by atoms with Crippen LogP contribution in [0.4, 0.5) is 4.39 Å². The molecule has 126 valence electrons. The second-order valence-corrected chi connectivity index (χ2v) is 6.04. The summed E-state index contributed by atoms with van der Waals surface area (Å²) in [6.07, 6.45) is 0.525. The molecule has 1 unspecified atom stereocenters. The second kappa shape index (κ2) is 6.52. The quantitative estimate of drug-likeness (QED) is 0.773. The third-order valence-electron chi connectivity index (χ3n) is 4.01. The van der Waals surface area contributed by atoms with Crippen LogP contribution in [-0.2, 0) is 13.0 Å². The van der Waals surface area contributed by atoms with Gasteiger partial charge in [-0.15, -0.1) is 0 Å². The van der Waals surface area contributed by atoms with E-state index in [1.165, 1.54) is 12.1 Å². The molecular formula is C17H19FN4O2. The molecule has 0 aliphatic heterocycles. The molecular weight excluding hydrogens is 311 g/mol. The van der Waals surface area contributed by atoms with Crippen molar-refractivity contribution >= 4 is 11.1 Å². The molecule has 0 aliphatic carbocycles. The maximum Gasteiger partial charge on any atom is 0.267 e. The van der Waals surface area contributed by atoms with Crippen molar-refractivity contribution in [2.45, 2.75) is 26.8 Å². The molecule has 1 atom stereocenters. The lowest BCUT2D eigenvalue weighted by molar-refractivity contribution is 0.438. The molecule has 0 saturated heterocycles. The minimum absolute atomic E-state index is 0.150. The van der Waals surface area contributed by atoms with Crippen LogP contribution in [0.3, 0.4) is 0 Å². The molecule has 1 aromatic carbocycles. The van der Waals surface area contributed by atoms with Gasteiger partial charge in [-0.1, -0.05) is 24.2 Å². The molecule has 6 nitrogen and oxygen atoms in total. The smallest absolute Gasteiger partial charge is 0.267 e. The molecule has 2 aromatic heterocycles. The van der Waals surface area contributed by atoms with Gasteiger partial charge in [-0.25, -0.2) is 4.39 Å². The van der Waals surface area contributed by atoms with Crippen molar-refractivity contribution in [3.63, 3.8) is 0 Å². The highest BCUT2D eigenvalue weighted by atomic mass is 19.1. The average Bonchev–Trinajstić information content (AvgIpc) is 2.92. The highest BCUT2D eigenvalue weighted by Gasteiger charge is 2.18. The summed E-state index contributed by atoms with van der Waals surface area (Å²) >= 11 is 0. The Balaban J connectivity index is 2.14. The molecule has 24 heavy (non-hydrogen) atoms. The fraction of sp³-hybridized carbons (Fsp3) is 0.353. The molecule has 0 saturated carbocycles. The third kappa shape index (κ3) is 3.07. The molecule has 0 fully saturated rings. The van der Waals surface area contributed by atoms with Gasteiger partial charge in [0.1, 0.15) is 17.0 Å². The van der Waals surface area contributed by atoms with E-state index >= 15 is 0 Å². The predicted molar refractivity (Wildman–Crippen MR) is 88.2 cm³/mol. The van der Waals surface area contributed by atoms with Gasteiger partial charge < -0.3 is 10.3 Å². The van der Waals surface area contributed by atoms with Crippen LogP contribution in [0.5, 0.6) is 0 Å². The number of fused-ring (bicyclic) bond motifs is 1. The van der Waals surface area contributed by atoms with Gasteiger partial charge in [0.2, 0.25) is 0 Å². The minimum atomic E-state index is -0.340. The largest absolute Gasteiger partial charge is 0.335 e. The molecule has 7 heteroatoms. The highest BCUT2D eigenvalue weighted by molar-refractivity contribution is 5.74. The van der Waals surface area contributed by atoms with Gasteiger partial charge in [-0.05, 0) is 37.1 Å². The second-order valence-electron chi connectivity index (χ2n) is 6.04. The summed E-state index contributed by atoms with van der Waals surface area (Å²) < 4.78 is 20.2. The Morgan fingerprint density at radius 2 is 2.21 bits per heavy atom. The van der Waals surface area contributed by atoms with Crippen LogP contribution >= 0.6 is 0 Å². The van der Waals surface area contributed by atoms with Crippen molar-refractivity contribution < 1.29 is 8.91 Å². The topological polar surface area (TPSA) is 86.9 Å². The predicted octanol–water partition coefficient (Wildman–Crippen LogP) is 2.02. The van der Waals surface area contributed by atoms with Crippen molar-refractivity contribution in [3.8, 4) is 0 Å². The summed E-state index contributed by atoms with van der Waals surface area (Å²) in [7, 11) is 0. The zero-order valence-electron chi connectivity index (χ0n) is 13.6. The van der Waals surface area contributed by atoms with E-state index in [0.717, 1.165) is 0 Å². The lowest BCUT2D eigenvalue weighted by Crippen LogP contribution is -2.28. The van der Waals surface area contributed by atoms with Crippen LogP contribution in [-0.4, -0.2) is 21.3 Å². The van der Waals surface area contributed by atoms with E-state index in [1.54, 1.807) is 23.6 Å². The average molecular weight is 330 g/mol. The molecule has 2 heterocycles. The summed E-state index contributed by atoms with van der Waals surface area (Å²) in [5.41, 5.74) is 6.87. The van der Waals surface area contributed by atoms with Crippen LogP contribution in [0, 0.1) is 18.7 Å². The molecule has 3 aromatic rings. The fourth-order valence-corrected chi connectivity index (χ4v) is 2.64. The lowest BCUT2D eigenvalue weighted by Gasteiger charge is -2.14. The SMILES string of the molecule is Cc1noc2nc(CC(C)CN)n(Cc3cccc(F)c3)c(=O)c12. The number of aryl methyl sites for hydroxylation is 1. The Labute approximate surface area is 138 Å². The van der Waals surface area contributed by atoms with Crippen molar-refractivity contribution in [1.82, 2.24) is 14.7 Å². The van der Waals surface area contributed by atoms with Gasteiger partial charge in [0, 0.05) is 6.42 Å². The summed E-state index contributed by atoms with van der Waals surface area (Å²) in [6.45, 7) is 4.39. The van der Waals surface area contributed by atoms with E-state index in [2.05, 4.69) is 10.1 Å². The number of benzene rings is 1. The number of hydrogen-bond acceptors (Lipinski definition) is 5. The highest BCUT2D eigenvalue weighted by Crippen LogP contribution is 2.15. The maximum absolute atomic E-state index is 13.5. The fourth-order valence-electron chi connectivity index (χ4n) is 2.64. The van der Waals surface area contributed by atoms with E-state index in [9.17, 15) is 9.18 Å². The molecule has 0 bridgehead atoms. The van der Waals surface area contributed by atoms with Gasteiger partial charge in [0.15, 0.2) is 0 Å². The number of hydrogen-bond donors (Lipinski definition) is 1. The van der Waals surface area contributed by atoms with Crippen molar-refractivity contribution in [2.24, 2.45) is 11.7 Å².